The van der Waals surface area contributed by atoms with Gasteiger partial charge in [-0.1, -0.05) is 152 Å². The van der Waals surface area contributed by atoms with Crippen molar-refractivity contribution in [3.8, 4) is 44.9 Å². The highest BCUT2D eigenvalue weighted by atomic mass is 16.5. The Morgan fingerprint density at radius 3 is 1.87 bits per heavy atom. The van der Waals surface area contributed by atoms with Crippen LogP contribution in [0.1, 0.15) is 0 Å². The van der Waals surface area contributed by atoms with Gasteiger partial charge in [-0.2, -0.15) is 0 Å². The molecule has 0 radical (unpaired) electrons. The summed E-state index contributed by atoms with van der Waals surface area (Å²) in [7, 11) is 0. The molecule has 3 nitrogen and oxygen atoms in total. The van der Waals surface area contributed by atoms with Crippen molar-refractivity contribution in [2.24, 2.45) is 0 Å². The number of furan rings is 1. The lowest BCUT2D eigenvalue weighted by molar-refractivity contribution is 0.487. The van der Waals surface area contributed by atoms with Gasteiger partial charge in [-0.25, -0.2) is 0 Å². The number of nitrogens with zero attached hydrogens (tertiary/aromatic N) is 1. The first-order valence-electron chi connectivity index (χ1n) is 17.8. The number of rotatable bonds is 4. The highest BCUT2D eigenvalue weighted by Crippen LogP contribution is 2.49. The number of benzene rings is 8. The molecule has 52 heavy (non-hydrogen) atoms. The minimum absolute atomic E-state index is 0.0266. The van der Waals surface area contributed by atoms with E-state index in [2.05, 4.69) is 181 Å². The van der Waals surface area contributed by atoms with Gasteiger partial charge in [-0.05, 0) is 63.4 Å². The van der Waals surface area contributed by atoms with E-state index >= 15 is 0 Å². The summed E-state index contributed by atoms with van der Waals surface area (Å²) in [6.07, 6.45) is 0. The molecule has 0 unspecified atom stereocenters. The number of hydrogen-bond donors (Lipinski definition) is 0. The Kier molecular flexibility index (Phi) is 6.35. The van der Waals surface area contributed by atoms with E-state index in [0.29, 0.717) is 0 Å². The van der Waals surface area contributed by atoms with Gasteiger partial charge in [0.25, 0.3) is 6.71 Å². The maximum Gasteiger partial charge on any atom is 0.256 e. The molecule has 9 aromatic rings. The molecule has 1 aromatic heterocycles. The van der Waals surface area contributed by atoms with Crippen LogP contribution in [0.4, 0.5) is 17.1 Å². The van der Waals surface area contributed by atoms with E-state index in [-0.39, 0.29) is 6.71 Å². The van der Waals surface area contributed by atoms with E-state index in [4.69, 9.17) is 9.15 Å². The van der Waals surface area contributed by atoms with Crippen LogP contribution in [0.25, 0.3) is 55.3 Å². The van der Waals surface area contributed by atoms with Crippen LogP contribution in [0.3, 0.4) is 0 Å². The lowest BCUT2D eigenvalue weighted by Crippen LogP contribution is -2.59. The first-order chi connectivity index (χ1) is 25.8. The first kappa shape index (κ1) is 29.0. The summed E-state index contributed by atoms with van der Waals surface area (Å²) >= 11 is 0. The van der Waals surface area contributed by atoms with Crippen molar-refractivity contribution >= 4 is 62.1 Å². The van der Waals surface area contributed by atoms with Crippen LogP contribution in [0, 0.1) is 0 Å². The lowest BCUT2D eigenvalue weighted by Gasteiger charge is -2.41. The van der Waals surface area contributed by atoms with Crippen LogP contribution in [0.5, 0.6) is 11.5 Å². The summed E-state index contributed by atoms with van der Waals surface area (Å²) < 4.78 is 13.3. The number of hydrogen-bond acceptors (Lipinski definition) is 3. The van der Waals surface area contributed by atoms with Crippen LogP contribution in [0.15, 0.2) is 186 Å². The highest BCUT2D eigenvalue weighted by Gasteiger charge is 2.42. The Balaban J connectivity index is 1.23. The maximum absolute atomic E-state index is 6.72. The topological polar surface area (TPSA) is 25.6 Å². The Hall–Kier alpha value is -6.78. The summed E-state index contributed by atoms with van der Waals surface area (Å²) in [5, 5.41) is 2.26. The smallest absolute Gasteiger partial charge is 0.256 e. The summed E-state index contributed by atoms with van der Waals surface area (Å²) in [5.74, 6) is 1.79. The van der Waals surface area contributed by atoms with Crippen LogP contribution in [0.2, 0.25) is 0 Å². The Morgan fingerprint density at radius 1 is 0.423 bits per heavy atom. The fourth-order valence-electron chi connectivity index (χ4n) is 8.50. The van der Waals surface area contributed by atoms with E-state index in [9.17, 15) is 0 Å². The summed E-state index contributed by atoms with van der Waals surface area (Å²) in [4.78, 5) is 2.48. The molecule has 3 heterocycles. The number of para-hydroxylation sites is 4. The van der Waals surface area contributed by atoms with Gasteiger partial charge < -0.3 is 14.1 Å². The van der Waals surface area contributed by atoms with Crippen molar-refractivity contribution in [2.45, 2.75) is 0 Å². The molecule has 0 aliphatic carbocycles. The number of fused-ring (bicyclic) bond motifs is 7. The Morgan fingerprint density at radius 2 is 1.06 bits per heavy atom. The Labute approximate surface area is 302 Å². The quantitative estimate of drug-likeness (QED) is 0.175. The average Bonchev–Trinajstić information content (AvgIpc) is 3.60. The van der Waals surface area contributed by atoms with Crippen LogP contribution < -0.4 is 26.0 Å². The zero-order valence-electron chi connectivity index (χ0n) is 28.2. The van der Waals surface area contributed by atoms with E-state index in [1.807, 2.05) is 6.07 Å². The van der Waals surface area contributed by atoms with Crippen LogP contribution in [-0.2, 0) is 0 Å². The van der Waals surface area contributed by atoms with Gasteiger partial charge in [0.05, 0.1) is 5.69 Å². The monoisotopic (exact) mass is 663 g/mol. The second kappa shape index (κ2) is 11.4. The molecule has 4 heteroatoms. The normalized spacial score (nSPS) is 12.7. The predicted octanol–water partition coefficient (Wildman–Crippen LogP) is 11.0. The minimum Gasteiger partial charge on any atom is -0.458 e. The SMILES string of the molecule is c1ccc(-c2cccc(-c3ccccc3)c2N2c3ccc(-c4cccc5c4oc4ccccc45)cc3B3c4ccccc4Oc4cccc2c43)cc1. The lowest BCUT2D eigenvalue weighted by atomic mass is 9.34. The largest absolute Gasteiger partial charge is 0.458 e. The van der Waals surface area contributed by atoms with Gasteiger partial charge >= 0.3 is 0 Å². The van der Waals surface area contributed by atoms with Gasteiger partial charge in [0.15, 0.2) is 0 Å². The molecule has 2 aliphatic rings. The molecule has 0 atom stereocenters. The third-order valence-corrected chi connectivity index (χ3v) is 10.7. The molecule has 0 N–H and O–H groups in total. The molecular weight excluding hydrogens is 633 g/mol. The minimum atomic E-state index is -0.0266. The van der Waals surface area contributed by atoms with Crippen molar-refractivity contribution in [3.05, 3.63) is 182 Å². The van der Waals surface area contributed by atoms with Gasteiger partial charge in [-0.15, -0.1) is 0 Å². The van der Waals surface area contributed by atoms with Gasteiger partial charge in [0.1, 0.15) is 22.7 Å². The van der Waals surface area contributed by atoms with Crippen molar-refractivity contribution < 1.29 is 9.15 Å². The van der Waals surface area contributed by atoms with Crippen LogP contribution >= 0.6 is 0 Å². The second-order valence-electron chi connectivity index (χ2n) is 13.6. The molecule has 0 fully saturated rings. The molecule has 0 amide bonds. The summed E-state index contributed by atoms with van der Waals surface area (Å²) in [6, 6.07) is 64.9. The van der Waals surface area contributed by atoms with Crippen LogP contribution in [-0.4, -0.2) is 6.71 Å². The predicted molar refractivity (Wildman–Crippen MR) is 216 cm³/mol. The van der Waals surface area contributed by atoms with Crippen molar-refractivity contribution in [1.29, 1.82) is 0 Å². The van der Waals surface area contributed by atoms with Gasteiger partial charge in [0.2, 0.25) is 0 Å². The van der Waals surface area contributed by atoms with Gasteiger partial charge in [0, 0.05) is 38.8 Å². The fraction of sp³-hybridized carbons (Fsp3) is 0. The average molecular weight is 664 g/mol. The van der Waals surface area contributed by atoms with E-state index in [1.54, 1.807) is 0 Å². The molecular formula is C48H30BNO2. The van der Waals surface area contributed by atoms with Crippen molar-refractivity contribution in [2.75, 3.05) is 4.90 Å². The van der Waals surface area contributed by atoms with E-state index in [0.717, 1.165) is 72.8 Å². The zero-order valence-corrected chi connectivity index (χ0v) is 28.2. The Bertz CT molecular complexity index is 2780. The maximum atomic E-state index is 6.72. The third kappa shape index (κ3) is 4.28. The number of anilines is 3. The molecule has 0 spiro atoms. The van der Waals surface area contributed by atoms with Crippen molar-refractivity contribution in [3.63, 3.8) is 0 Å². The molecule has 242 valence electrons. The number of ether oxygens (including phenoxy) is 1. The fourth-order valence-corrected chi connectivity index (χ4v) is 8.50. The first-order valence-corrected chi connectivity index (χ1v) is 17.8. The third-order valence-electron chi connectivity index (χ3n) is 10.7. The van der Waals surface area contributed by atoms with E-state index in [1.165, 1.54) is 27.5 Å². The van der Waals surface area contributed by atoms with Crippen molar-refractivity contribution in [1.82, 2.24) is 0 Å². The zero-order chi connectivity index (χ0) is 34.2. The molecule has 2 aliphatic heterocycles. The molecule has 0 saturated carbocycles. The van der Waals surface area contributed by atoms with E-state index < -0.39 is 0 Å². The second-order valence-corrected chi connectivity index (χ2v) is 13.6. The molecule has 11 rings (SSSR count). The summed E-state index contributed by atoms with van der Waals surface area (Å²) in [6.45, 7) is -0.0266. The summed E-state index contributed by atoms with van der Waals surface area (Å²) in [5.41, 5.74) is 15.6. The molecule has 8 aromatic carbocycles. The molecule has 0 bridgehead atoms. The van der Waals surface area contributed by atoms with Gasteiger partial charge in [-0.3, -0.25) is 0 Å². The highest BCUT2D eigenvalue weighted by molar-refractivity contribution is 6.99. The molecule has 0 saturated heterocycles. The standard InChI is InChI=1S/C48H30BNO2/c1-3-14-31(15-4-1)34-19-11-20-35(32-16-5-2-6-17-32)47(34)50-41-29-28-33(36-21-12-22-38-37-18-7-9-25-43(37)52-48(36)38)30-40(41)49-39-23-8-10-26-44(39)51-45-27-13-24-42(50)46(45)49/h1-30H.